The van der Waals surface area contributed by atoms with Gasteiger partial charge in [0.15, 0.2) is 0 Å². The van der Waals surface area contributed by atoms with Crippen LogP contribution in [0.5, 0.6) is 5.75 Å². The molecule has 4 rings (SSSR count). The topological polar surface area (TPSA) is 81.0 Å². The first-order valence-corrected chi connectivity index (χ1v) is 12.8. The number of halogens is 1. The number of para-hydroxylation sites is 1. The summed E-state index contributed by atoms with van der Waals surface area (Å²) in [6.45, 7) is 2.72. The maximum atomic E-state index is 14.3. The Hall–Kier alpha value is -3.39. The molecule has 0 saturated heterocycles. The molecule has 1 N–H and O–H groups in total. The van der Waals surface area contributed by atoms with E-state index in [1.54, 1.807) is 20.3 Å². The molecule has 0 aliphatic heterocycles. The number of amides is 1. The zero-order valence-corrected chi connectivity index (χ0v) is 21.7. The molecule has 2 atom stereocenters. The summed E-state index contributed by atoms with van der Waals surface area (Å²) < 4.78 is 26.9. The van der Waals surface area contributed by atoms with Crippen LogP contribution in [0.25, 0.3) is 10.9 Å². The summed E-state index contributed by atoms with van der Waals surface area (Å²) in [5.41, 5.74) is 3.57. The second-order valence-electron chi connectivity index (χ2n) is 9.51. The first-order valence-electron chi connectivity index (χ1n) is 12.8. The molecule has 7 nitrogen and oxygen atoms in total. The van der Waals surface area contributed by atoms with E-state index in [0.29, 0.717) is 51.7 Å². The van der Waals surface area contributed by atoms with Crippen LogP contribution in [0.1, 0.15) is 49.0 Å². The van der Waals surface area contributed by atoms with E-state index in [1.165, 1.54) is 12.1 Å². The van der Waals surface area contributed by atoms with Gasteiger partial charge in [-0.25, -0.2) is 9.18 Å². The number of nitrogens with zero attached hydrogens (tertiary/aromatic N) is 2. The van der Waals surface area contributed by atoms with E-state index in [0.717, 1.165) is 33.5 Å². The largest absolute Gasteiger partial charge is 0.496 e. The molecule has 0 saturated carbocycles. The number of carboxylic acids is 1. The average Bonchev–Trinajstić information content (AvgIpc) is 3.20. The van der Waals surface area contributed by atoms with Gasteiger partial charge in [-0.3, -0.25) is 4.79 Å². The number of carboxylic acid groups (broad SMARTS) is 1. The van der Waals surface area contributed by atoms with Gasteiger partial charge in [0, 0.05) is 42.7 Å². The van der Waals surface area contributed by atoms with Crippen molar-refractivity contribution in [2.24, 2.45) is 0 Å². The molecular formula is C29H35FN2O5. The minimum absolute atomic E-state index is 0.0308. The maximum absolute atomic E-state index is 14.3. The highest BCUT2D eigenvalue weighted by Gasteiger charge is 2.33. The Bertz CT molecular complexity index is 1270. The standard InChI is InChI=1S/C29H35FN2O5/c1-4-24(29(34)35)32-25-12-10-20(30)17-22(25)23-18-21(11-13-26(23)32)31(15-16-36-2)28(33)14-9-19-7-5-6-8-27(19)37-3/h5-8,10,12,17,21,24H,4,9,11,13-16,18H2,1-3H3,(H,34,35). The number of rotatable bonds is 11. The van der Waals surface area contributed by atoms with E-state index in [2.05, 4.69) is 0 Å². The highest BCUT2D eigenvalue weighted by atomic mass is 19.1. The van der Waals surface area contributed by atoms with E-state index in [-0.39, 0.29) is 17.8 Å². The van der Waals surface area contributed by atoms with Crippen LogP contribution in [-0.2, 0) is 33.6 Å². The fraction of sp³-hybridized carbons (Fsp3) is 0.448. The van der Waals surface area contributed by atoms with Crippen molar-refractivity contribution in [1.82, 2.24) is 9.47 Å². The number of aliphatic carboxylic acids is 1. The van der Waals surface area contributed by atoms with Gasteiger partial charge in [0.2, 0.25) is 5.91 Å². The Labute approximate surface area is 216 Å². The summed E-state index contributed by atoms with van der Waals surface area (Å²) in [5.74, 6) is -0.466. The van der Waals surface area contributed by atoms with Crippen LogP contribution >= 0.6 is 0 Å². The lowest BCUT2D eigenvalue weighted by molar-refractivity contribution is -0.141. The second kappa shape index (κ2) is 11.8. The second-order valence-corrected chi connectivity index (χ2v) is 9.51. The van der Waals surface area contributed by atoms with E-state index in [9.17, 15) is 19.1 Å². The summed E-state index contributed by atoms with van der Waals surface area (Å²) in [4.78, 5) is 27.4. The number of aromatic nitrogens is 1. The minimum Gasteiger partial charge on any atom is -0.496 e. The van der Waals surface area contributed by atoms with Crippen molar-refractivity contribution < 1.29 is 28.6 Å². The summed E-state index contributed by atoms with van der Waals surface area (Å²) in [7, 11) is 3.24. The van der Waals surface area contributed by atoms with Gasteiger partial charge in [0.25, 0.3) is 0 Å². The molecule has 8 heteroatoms. The minimum atomic E-state index is -0.901. The van der Waals surface area contributed by atoms with Crippen molar-refractivity contribution in [2.75, 3.05) is 27.4 Å². The van der Waals surface area contributed by atoms with Crippen LogP contribution in [0, 0.1) is 5.82 Å². The van der Waals surface area contributed by atoms with Gasteiger partial charge in [-0.2, -0.15) is 0 Å². The van der Waals surface area contributed by atoms with Crippen molar-refractivity contribution in [3.05, 3.63) is 65.1 Å². The fourth-order valence-corrected chi connectivity index (χ4v) is 5.63. The molecule has 198 valence electrons. The number of aryl methyl sites for hydroxylation is 1. The molecule has 37 heavy (non-hydrogen) atoms. The normalized spacial score (nSPS) is 15.8. The lowest BCUT2D eigenvalue weighted by atomic mass is 9.89. The number of methoxy groups -OCH3 is 2. The summed E-state index contributed by atoms with van der Waals surface area (Å²) in [6, 6.07) is 11.4. The van der Waals surface area contributed by atoms with Gasteiger partial charge in [-0.1, -0.05) is 25.1 Å². The number of carbonyl (C=O) groups excluding carboxylic acids is 1. The van der Waals surface area contributed by atoms with Crippen LogP contribution in [-0.4, -0.2) is 59.9 Å². The number of hydrogen-bond donors (Lipinski definition) is 1. The van der Waals surface area contributed by atoms with Crippen molar-refractivity contribution in [2.45, 2.75) is 57.5 Å². The van der Waals surface area contributed by atoms with E-state index in [4.69, 9.17) is 9.47 Å². The molecule has 1 amide bonds. The van der Waals surface area contributed by atoms with Gasteiger partial charge in [-0.15, -0.1) is 0 Å². The predicted molar refractivity (Wildman–Crippen MR) is 140 cm³/mol. The molecule has 1 aliphatic rings. The Morgan fingerprint density at radius 3 is 2.70 bits per heavy atom. The number of ether oxygens (including phenoxy) is 2. The number of carbonyl (C=O) groups is 2. The third-order valence-corrected chi connectivity index (χ3v) is 7.42. The van der Waals surface area contributed by atoms with Crippen molar-refractivity contribution in [3.8, 4) is 5.75 Å². The van der Waals surface area contributed by atoms with Crippen LogP contribution in [0.3, 0.4) is 0 Å². The number of fused-ring (bicyclic) bond motifs is 3. The van der Waals surface area contributed by atoms with Crippen LogP contribution in [0.4, 0.5) is 4.39 Å². The van der Waals surface area contributed by atoms with Crippen molar-refractivity contribution in [1.29, 1.82) is 0 Å². The molecule has 2 unspecified atom stereocenters. The number of hydrogen-bond acceptors (Lipinski definition) is 4. The molecule has 1 heterocycles. The van der Waals surface area contributed by atoms with Crippen LogP contribution < -0.4 is 4.74 Å². The highest BCUT2D eigenvalue weighted by Crippen LogP contribution is 2.37. The van der Waals surface area contributed by atoms with E-state index < -0.39 is 12.0 Å². The first kappa shape index (κ1) is 26.7. The van der Waals surface area contributed by atoms with Crippen LogP contribution in [0.15, 0.2) is 42.5 Å². The van der Waals surface area contributed by atoms with Gasteiger partial charge in [0.05, 0.1) is 13.7 Å². The average molecular weight is 511 g/mol. The Morgan fingerprint density at radius 1 is 1.22 bits per heavy atom. The van der Waals surface area contributed by atoms with Gasteiger partial charge < -0.3 is 24.0 Å². The molecule has 2 aromatic carbocycles. The highest BCUT2D eigenvalue weighted by molar-refractivity contribution is 5.88. The fourth-order valence-electron chi connectivity index (χ4n) is 5.63. The Kier molecular flexibility index (Phi) is 8.48. The number of benzene rings is 2. The summed E-state index contributed by atoms with van der Waals surface area (Å²) in [5, 5.41) is 10.6. The molecule has 1 aliphatic carbocycles. The van der Waals surface area contributed by atoms with Crippen molar-refractivity contribution in [3.63, 3.8) is 0 Å². The van der Waals surface area contributed by atoms with Gasteiger partial charge in [-0.05, 0) is 67.5 Å². The quantitative estimate of drug-likeness (QED) is 0.401. The molecule has 3 aromatic rings. The monoisotopic (exact) mass is 510 g/mol. The molecule has 0 spiro atoms. The predicted octanol–water partition coefficient (Wildman–Crippen LogP) is 4.79. The van der Waals surface area contributed by atoms with Gasteiger partial charge >= 0.3 is 5.97 Å². The third kappa shape index (κ3) is 5.49. The molecule has 0 radical (unpaired) electrons. The van der Waals surface area contributed by atoms with E-state index >= 15 is 0 Å². The zero-order chi connectivity index (χ0) is 26.5. The Balaban J connectivity index is 1.64. The molecule has 1 aromatic heterocycles. The third-order valence-electron chi connectivity index (χ3n) is 7.42. The first-order chi connectivity index (χ1) is 17.9. The summed E-state index contributed by atoms with van der Waals surface area (Å²) >= 11 is 0. The summed E-state index contributed by atoms with van der Waals surface area (Å²) in [6.07, 6.45) is 3.18. The van der Waals surface area contributed by atoms with E-state index in [1.807, 2.05) is 40.7 Å². The Morgan fingerprint density at radius 2 is 2.00 bits per heavy atom. The SMILES string of the molecule is CCC(C(=O)O)n1c2c(c3cc(F)ccc31)CC(N(CCOC)C(=O)CCc1ccccc1OC)CC2. The molecule has 0 bridgehead atoms. The molecular weight excluding hydrogens is 475 g/mol. The lowest BCUT2D eigenvalue weighted by Gasteiger charge is -2.35. The maximum Gasteiger partial charge on any atom is 0.326 e. The molecule has 0 fully saturated rings. The van der Waals surface area contributed by atoms with Crippen LogP contribution in [0.2, 0.25) is 0 Å². The lowest BCUT2D eigenvalue weighted by Crippen LogP contribution is -2.45. The van der Waals surface area contributed by atoms with Crippen molar-refractivity contribution >= 4 is 22.8 Å². The smallest absolute Gasteiger partial charge is 0.326 e. The van der Waals surface area contributed by atoms with Gasteiger partial charge in [0.1, 0.15) is 17.6 Å². The zero-order valence-electron chi connectivity index (χ0n) is 21.7.